The van der Waals surface area contributed by atoms with Gasteiger partial charge in [-0.25, -0.2) is 4.39 Å². The first-order valence-corrected chi connectivity index (χ1v) is 12.1. The van der Waals surface area contributed by atoms with Crippen molar-refractivity contribution < 1.29 is 9.18 Å². The molecule has 154 valence electrons. The number of nitriles is 1. The maximum Gasteiger partial charge on any atom is 0.235 e. The lowest BCUT2D eigenvalue weighted by Crippen LogP contribution is -2.13. The molecule has 0 aliphatic heterocycles. The van der Waals surface area contributed by atoms with Crippen LogP contribution in [-0.4, -0.2) is 21.9 Å². The van der Waals surface area contributed by atoms with E-state index in [1.165, 1.54) is 51.8 Å². The number of aryl methyl sites for hydroxylation is 1. The van der Waals surface area contributed by atoms with Crippen LogP contribution < -0.4 is 10.6 Å². The van der Waals surface area contributed by atoms with Crippen molar-refractivity contribution in [3.63, 3.8) is 0 Å². The molecule has 0 saturated carbocycles. The summed E-state index contributed by atoms with van der Waals surface area (Å²) in [6, 6.07) is 8.60. The van der Waals surface area contributed by atoms with Crippen molar-refractivity contribution in [1.29, 1.82) is 5.26 Å². The predicted molar refractivity (Wildman–Crippen MR) is 119 cm³/mol. The Kier molecular flexibility index (Phi) is 6.62. The number of rotatable bonds is 6. The van der Waals surface area contributed by atoms with Crippen molar-refractivity contribution in [2.45, 2.75) is 36.4 Å². The largest absolute Gasteiger partial charge is 0.328 e. The quantitative estimate of drug-likeness (QED) is 0.381. The maximum atomic E-state index is 13.7. The Bertz CT molecular complexity index is 1100. The van der Waals surface area contributed by atoms with E-state index in [0.29, 0.717) is 25.7 Å². The zero-order chi connectivity index (χ0) is 20.9. The number of benzene rings is 1. The van der Waals surface area contributed by atoms with E-state index in [4.69, 9.17) is 0 Å². The van der Waals surface area contributed by atoms with Crippen molar-refractivity contribution in [3.05, 3.63) is 46.1 Å². The maximum absolute atomic E-state index is 13.7. The van der Waals surface area contributed by atoms with E-state index in [1.807, 2.05) is 0 Å². The van der Waals surface area contributed by atoms with Gasteiger partial charge in [0.1, 0.15) is 16.9 Å². The number of aromatic nitrogens is 2. The fourth-order valence-corrected chi connectivity index (χ4v) is 6.06. The number of hydrogen-bond acceptors (Lipinski definition) is 8. The first-order valence-electron chi connectivity index (χ1n) is 9.46. The molecule has 2 N–H and O–H groups in total. The highest BCUT2D eigenvalue weighted by molar-refractivity contribution is 8.01. The van der Waals surface area contributed by atoms with Crippen molar-refractivity contribution in [3.8, 4) is 6.07 Å². The molecule has 0 unspecified atom stereocenters. The van der Waals surface area contributed by atoms with E-state index in [1.54, 1.807) is 18.2 Å². The molecule has 0 fully saturated rings. The van der Waals surface area contributed by atoms with Gasteiger partial charge in [0.2, 0.25) is 11.0 Å². The van der Waals surface area contributed by atoms with E-state index in [-0.39, 0.29) is 17.5 Å². The molecule has 10 heteroatoms. The number of thioether (sulfide) groups is 1. The lowest BCUT2D eigenvalue weighted by atomic mass is 10.1. The Morgan fingerprint density at radius 1 is 1.20 bits per heavy atom. The van der Waals surface area contributed by atoms with Crippen LogP contribution in [0.25, 0.3) is 0 Å². The number of amides is 1. The minimum atomic E-state index is -0.371. The molecule has 1 aliphatic carbocycles. The normalized spacial score (nSPS) is 13.2. The minimum absolute atomic E-state index is 0.155. The number of anilines is 3. The van der Waals surface area contributed by atoms with E-state index < -0.39 is 0 Å². The Morgan fingerprint density at radius 3 is 2.87 bits per heavy atom. The van der Waals surface area contributed by atoms with Gasteiger partial charge in [-0.2, -0.15) is 5.26 Å². The first kappa shape index (κ1) is 20.8. The van der Waals surface area contributed by atoms with Gasteiger partial charge < -0.3 is 10.6 Å². The standard InChI is InChI=1S/C20H18FN5OS3/c21-14-7-4-5-8-15(14)23-19-25-26-20(30-19)28-11-17(27)24-18-13(10-22)12-6-2-1-3-9-16(12)29-18/h4-5,7-8H,1-3,6,9,11H2,(H,23,25)(H,24,27). The molecule has 6 nitrogen and oxygen atoms in total. The van der Waals surface area contributed by atoms with Gasteiger partial charge in [-0.15, -0.1) is 21.5 Å². The van der Waals surface area contributed by atoms with E-state index >= 15 is 0 Å². The average molecular weight is 460 g/mol. The van der Waals surface area contributed by atoms with Gasteiger partial charge in [0.25, 0.3) is 0 Å². The Balaban J connectivity index is 1.35. The summed E-state index contributed by atoms with van der Waals surface area (Å²) in [6.07, 6.45) is 5.27. The summed E-state index contributed by atoms with van der Waals surface area (Å²) >= 11 is 4.03. The van der Waals surface area contributed by atoms with Crippen LogP contribution in [0.15, 0.2) is 28.6 Å². The van der Waals surface area contributed by atoms with Crippen molar-refractivity contribution >= 4 is 56.2 Å². The average Bonchev–Trinajstić information content (AvgIpc) is 3.24. The molecule has 4 rings (SSSR count). The number of carbonyl (C=O) groups excluding carboxylic acids is 1. The van der Waals surface area contributed by atoms with E-state index in [0.717, 1.165) is 31.2 Å². The molecule has 1 aliphatic rings. The van der Waals surface area contributed by atoms with Crippen LogP contribution in [0, 0.1) is 17.1 Å². The molecule has 0 bridgehead atoms. The summed E-state index contributed by atoms with van der Waals surface area (Å²) in [5.41, 5.74) is 2.04. The zero-order valence-electron chi connectivity index (χ0n) is 15.9. The second kappa shape index (κ2) is 9.55. The van der Waals surface area contributed by atoms with Crippen LogP contribution in [0.1, 0.15) is 35.3 Å². The number of halogens is 1. The van der Waals surface area contributed by atoms with Crippen LogP contribution in [0.4, 0.5) is 20.2 Å². The van der Waals surface area contributed by atoms with Gasteiger partial charge in [-0.1, -0.05) is 41.7 Å². The second-order valence-electron chi connectivity index (χ2n) is 6.70. The summed E-state index contributed by atoms with van der Waals surface area (Å²) in [5.74, 6) is -0.405. The van der Waals surface area contributed by atoms with Crippen molar-refractivity contribution in [2.75, 3.05) is 16.4 Å². The lowest BCUT2D eigenvalue weighted by Gasteiger charge is -2.03. The van der Waals surface area contributed by atoms with Gasteiger partial charge in [-0.05, 0) is 43.4 Å². The highest BCUT2D eigenvalue weighted by Gasteiger charge is 2.21. The van der Waals surface area contributed by atoms with E-state index in [9.17, 15) is 14.4 Å². The monoisotopic (exact) mass is 459 g/mol. The molecule has 0 saturated heterocycles. The number of carbonyl (C=O) groups is 1. The summed E-state index contributed by atoms with van der Waals surface area (Å²) in [7, 11) is 0. The summed E-state index contributed by atoms with van der Waals surface area (Å²) in [5, 5.41) is 24.5. The van der Waals surface area contributed by atoms with Crippen LogP contribution >= 0.6 is 34.4 Å². The molecule has 1 aromatic carbocycles. The fourth-order valence-electron chi connectivity index (χ4n) is 3.24. The van der Waals surface area contributed by atoms with Crippen molar-refractivity contribution in [1.82, 2.24) is 10.2 Å². The topological polar surface area (TPSA) is 90.7 Å². The number of thiophene rings is 1. The molecule has 1 amide bonds. The molecule has 0 spiro atoms. The Morgan fingerprint density at radius 2 is 2.03 bits per heavy atom. The summed E-state index contributed by atoms with van der Waals surface area (Å²) in [4.78, 5) is 13.7. The van der Waals surface area contributed by atoms with Gasteiger partial charge >= 0.3 is 0 Å². The highest BCUT2D eigenvalue weighted by atomic mass is 32.2. The third-order valence-corrected chi connectivity index (χ3v) is 7.81. The Hall–Kier alpha value is -2.48. The third-order valence-electron chi connectivity index (χ3n) is 4.63. The first-order chi connectivity index (χ1) is 14.6. The summed E-state index contributed by atoms with van der Waals surface area (Å²) in [6.45, 7) is 0. The van der Waals surface area contributed by atoms with Crippen molar-refractivity contribution in [2.24, 2.45) is 0 Å². The number of fused-ring (bicyclic) bond motifs is 1. The smallest absolute Gasteiger partial charge is 0.235 e. The fraction of sp³-hybridized carbons (Fsp3) is 0.300. The van der Waals surface area contributed by atoms with Crippen LogP contribution in [0.2, 0.25) is 0 Å². The van der Waals surface area contributed by atoms with Gasteiger partial charge in [0.15, 0.2) is 4.34 Å². The predicted octanol–water partition coefficient (Wildman–Crippen LogP) is 5.35. The molecule has 3 aromatic rings. The molecule has 2 heterocycles. The van der Waals surface area contributed by atoms with Crippen LogP contribution in [-0.2, 0) is 17.6 Å². The molecule has 0 radical (unpaired) electrons. The number of para-hydroxylation sites is 1. The molecular weight excluding hydrogens is 441 g/mol. The third kappa shape index (κ3) is 4.80. The highest BCUT2D eigenvalue weighted by Crippen LogP contribution is 2.37. The van der Waals surface area contributed by atoms with Gasteiger partial charge in [-0.3, -0.25) is 4.79 Å². The van der Waals surface area contributed by atoms with E-state index in [2.05, 4.69) is 26.9 Å². The molecule has 2 aromatic heterocycles. The second-order valence-corrected chi connectivity index (χ2v) is 10.0. The lowest BCUT2D eigenvalue weighted by molar-refractivity contribution is -0.113. The molecule has 30 heavy (non-hydrogen) atoms. The molecular formula is C20H18FN5OS3. The van der Waals surface area contributed by atoms with Crippen LogP contribution in [0.3, 0.4) is 0 Å². The SMILES string of the molecule is N#Cc1c(NC(=O)CSc2nnc(Nc3ccccc3F)s2)sc2c1CCCCC2. The Labute approximate surface area is 185 Å². The van der Waals surface area contributed by atoms with Crippen LogP contribution in [0.5, 0.6) is 0 Å². The summed E-state index contributed by atoms with van der Waals surface area (Å²) < 4.78 is 14.3. The number of hydrogen-bond donors (Lipinski definition) is 2. The minimum Gasteiger partial charge on any atom is -0.328 e. The number of nitrogens with zero attached hydrogens (tertiary/aromatic N) is 3. The zero-order valence-corrected chi connectivity index (χ0v) is 18.4. The number of nitrogens with one attached hydrogen (secondary N) is 2. The van der Waals surface area contributed by atoms with Gasteiger partial charge in [0, 0.05) is 4.88 Å². The van der Waals surface area contributed by atoms with Gasteiger partial charge in [0.05, 0.1) is 17.0 Å². The molecule has 0 atom stereocenters.